The van der Waals surface area contributed by atoms with Crippen molar-refractivity contribution in [1.29, 1.82) is 0 Å². The molecule has 1 unspecified atom stereocenters. The predicted molar refractivity (Wildman–Crippen MR) is 74.3 cm³/mol. The molecule has 0 amide bonds. The summed E-state index contributed by atoms with van der Waals surface area (Å²) in [6, 6.07) is 8.42. The molecule has 0 saturated heterocycles. The summed E-state index contributed by atoms with van der Waals surface area (Å²) in [4.78, 5) is 0.307. The first kappa shape index (κ1) is 14.1. The number of sulfone groups is 1. The first-order valence-electron chi connectivity index (χ1n) is 6.66. The van der Waals surface area contributed by atoms with E-state index in [-0.39, 0.29) is 0 Å². The molecule has 1 aliphatic carbocycles. The average Bonchev–Trinajstić information content (AvgIpc) is 2.39. The van der Waals surface area contributed by atoms with Gasteiger partial charge in [-0.25, -0.2) is 8.42 Å². The Kier molecular flexibility index (Phi) is 4.58. The number of rotatable bonds is 2. The summed E-state index contributed by atoms with van der Waals surface area (Å²) >= 11 is 0. The molecule has 1 saturated carbocycles. The fourth-order valence-electron chi connectivity index (χ4n) is 2.54. The third kappa shape index (κ3) is 3.15. The second-order valence-electron chi connectivity index (χ2n) is 4.89. The summed E-state index contributed by atoms with van der Waals surface area (Å²) in [5.41, 5.74) is 0.406. The highest BCUT2D eigenvalue weighted by molar-refractivity contribution is 7.92. The number of oxime groups is 1. The topological polar surface area (TPSA) is 66.7 Å². The number of nitrogens with zero attached hydrogens (tertiary/aromatic N) is 1. The van der Waals surface area contributed by atoms with Crippen molar-refractivity contribution in [2.75, 3.05) is 0 Å². The number of benzene rings is 1. The van der Waals surface area contributed by atoms with Crippen LogP contribution in [0.2, 0.25) is 0 Å². The summed E-state index contributed by atoms with van der Waals surface area (Å²) in [7, 11) is -3.45. The molecule has 0 heterocycles. The molecule has 1 aromatic carbocycles. The van der Waals surface area contributed by atoms with E-state index in [1.54, 1.807) is 30.3 Å². The van der Waals surface area contributed by atoms with Gasteiger partial charge in [-0.3, -0.25) is 0 Å². The molecule has 1 aliphatic rings. The molecular formula is C14H19NO3S. The van der Waals surface area contributed by atoms with Gasteiger partial charge in [0.15, 0.2) is 9.84 Å². The van der Waals surface area contributed by atoms with Gasteiger partial charge in [0, 0.05) is 0 Å². The molecular weight excluding hydrogens is 262 g/mol. The van der Waals surface area contributed by atoms with Crippen molar-refractivity contribution in [3.63, 3.8) is 0 Å². The van der Waals surface area contributed by atoms with E-state index in [1.165, 1.54) is 0 Å². The van der Waals surface area contributed by atoms with Crippen molar-refractivity contribution >= 4 is 15.5 Å². The summed E-state index contributed by atoms with van der Waals surface area (Å²) in [5.74, 6) is 0. The molecule has 2 rings (SSSR count). The highest BCUT2D eigenvalue weighted by Gasteiger charge is 2.32. The Labute approximate surface area is 114 Å². The smallest absolute Gasteiger partial charge is 0.186 e. The zero-order valence-corrected chi connectivity index (χ0v) is 11.6. The SMILES string of the molecule is O=S(=O)(c1ccccc1)C1CCCCCCC1=NO. The normalized spacial score (nSPS) is 23.8. The molecule has 0 aromatic heterocycles. The van der Waals surface area contributed by atoms with Gasteiger partial charge < -0.3 is 5.21 Å². The summed E-state index contributed by atoms with van der Waals surface area (Å²) in [6.07, 6.45) is 4.95. The minimum Gasteiger partial charge on any atom is -0.411 e. The zero-order valence-electron chi connectivity index (χ0n) is 10.8. The van der Waals surface area contributed by atoms with Gasteiger partial charge in [-0.1, -0.05) is 42.6 Å². The molecule has 1 atom stereocenters. The Balaban J connectivity index is 2.36. The molecule has 0 bridgehead atoms. The maximum Gasteiger partial charge on any atom is 0.186 e. The lowest BCUT2D eigenvalue weighted by Crippen LogP contribution is -2.31. The molecule has 0 aliphatic heterocycles. The van der Waals surface area contributed by atoms with E-state index in [0.29, 0.717) is 23.4 Å². The van der Waals surface area contributed by atoms with Crippen LogP contribution in [0.4, 0.5) is 0 Å². The molecule has 1 N–H and O–H groups in total. The van der Waals surface area contributed by atoms with E-state index in [9.17, 15) is 8.42 Å². The minimum absolute atomic E-state index is 0.307. The average molecular weight is 281 g/mol. The van der Waals surface area contributed by atoms with Crippen LogP contribution in [0.15, 0.2) is 40.4 Å². The van der Waals surface area contributed by atoms with E-state index in [4.69, 9.17) is 5.21 Å². The van der Waals surface area contributed by atoms with Gasteiger partial charge in [-0.05, 0) is 31.4 Å². The molecule has 1 fully saturated rings. The first-order chi connectivity index (χ1) is 9.16. The first-order valence-corrected chi connectivity index (χ1v) is 8.20. The van der Waals surface area contributed by atoms with Crippen molar-refractivity contribution < 1.29 is 13.6 Å². The lowest BCUT2D eigenvalue weighted by atomic mass is 9.99. The van der Waals surface area contributed by atoms with Crippen LogP contribution in [0, 0.1) is 0 Å². The molecule has 104 valence electrons. The van der Waals surface area contributed by atoms with Crippen LogP contribution in [-0.2, 0) is 9.84 Å². The van der Waals surface area contributed by atoms with Crippen LogP contribution in [0.1, 0.15) is 38.5 Å². The summed E-state index contributed by atoms with van der Waals surface area (Å²) in [5, 5.41) is 11.7. The lowest BCUT2D eigenvalue weighted by Gasteiger charge is -2.21. The van der Waals surface area contributed by atoms with Crippen LogP contribution < -0.4 is 0 Å². The molecule has 19 heavy (non-hydrogen) atoms. The Hall–Kier alpha value is -1.36. The van der Waals surface area contributed by atoms with Crippen LogP contribution in [0.5, 0.6) is 0 Å². The number of hydrogen-bond acceptors (Lipinski definition) is 4. The van der Waals surface area contributed by atoms with E-state index >= 15 is 0 Å². The van der Waals surface area contributed by atoms with Gasteiger partial charge in [0.25, 0.3) is 0 Å². The second kappa shape index (κ2) is 6.19. The van der Waals surface area contributed by atoms with E-state index in [0.717, 1.165) is 25.7 Å². The summed E-state index contributed by atoms with van der Waals surface area (Å²) in [6.45, 7) is 0. The largest absolute Gasteiger partial charge is 0.411 e. The third-order valence-corrected chi connectivity index (χ3v) is 5.78. The van der Waals surface area contributed by atoms with Gasteiger partial charge in [0.05, 0.1) is 10.6 Å². The van der Waals surface area contributed by atoms with Crippen LogP contribution in [0.25, 0.3) is 0 Å². The maximum atomic E-state index is 12.6. The Morgan fingerprint density at radius 2 is 1.74 bits per heavy atom. The van der Waals surface area contributed by atoms with Gasteiger partial charge in [0.1, 0.15) is 5.25 Å². The van der Waals surface area contributed by atoms with Crippen molar-refractivity contribution in [2.45, 2.75) is 48.7 Å². The highest BCUT2D eigenvalue weighted by Crippen LogP contribution is 2.25. The molecule has 4 nitrogen and oxygen atoms in total. The Bertz CT molecular complexity index is 537. The van der Waals surface area contributed by atoms with Crippen molar-refractivity contribution in [1.82, 2.24) is 0 Å². The fraction of sp³-hybridized carbons (Fsp3) is 0.500. The van der Waals surface area contributed by atoms with Gasteiger partial charge in [-0.15, -0.1) is 0 Å². The second-order valence-corrected chi connectivity index (χ2v) is 7.02. The van der Waals surface area contributed by atoms with Crippen molar-refractivity contribution in [3.8, 4) is 0 Å². The Morgan fingerprint density at radius 1 is 1.05 bits per heavy atom. The van der Waals surface area contributed by atoms with Crippen LogP contribution in [-0.4, -0.2) is 24.6 Å². The maximum absolute atomic E-state index is 12.6. The van der Waals surface area contributed by atoms with E-state index in [1.807, 2.05) is 0 Å². The molecule has 5 heteroatoms. The quantitative estimate of drug-likeness (QED) is 0.669. The minimum atomic E-state index is -3.45. The van der Waals surface area contributed by atoms with Gasteiger partial charge in [0.2, 0.25) is 0 Å². The van der Waals surface area contributed by atoms with Gasteiger partial charge >= 0.3 is 0 Å². The lowest BCUT2D eigenvalue weighted by molar-refractivity contribution is 0.315. The molecule has 0 radical (unpaired) electrons. The fourth-order valence-corrected chi connectivity index (χ4v) is 4.41. The predicted octanol–water partition coefficient (Wildman–Crippen LogP) is 3.01. The van der Waals surface area contributed by atoms with E-state index in [2.05, 4.69) is 5.16 Å². The standard InChI is InChI=1S/C14H19NO3S/c16-15-13-10-6-1-2-7-11-14(13)19(17,18)12-8-4-3-5-9-12/h3-5,8-9,14,16H,1-2,6-7,10-11H2. The van der Waals surface area contributed by atoms with Gasteiger partial charge in [-0.2, -0.15) is 0 Å². The third-order valence-electron chi connectivity index (χ3n) is 3.60. The Morgan fingerprint density at radius 3 is 2.42 bits per heavy atom. The molecule has 1 aromatic rings. The van der Waals surface area contributed by atoms with Crippen LogP contribution in [0.3, 0.4) is 0 Å². The van der Waals surface area contributed by atoms with Crippen LogP contribution >= 0.6 is 0 Å². The highest BCUT2D eigenvalue weighted by atomic mass is 32.2. The van der Waals surface area contributed by atoms with E-state index < -0.39 is 15.1 Å². The zero-order chi connectivity index (χ0) is 13.7. The number of hydrogen-bond donors (Lipinski definition) is 1. The summed E-state index contributed by atoms with van der Waals surface area (Å²) < 4.78 is 25.3. The molecule has 0 spiro atoms. The van der Waals surface area contributed by atoms with Crippen molar-refractivity contribution in [3.05, 3.63) is 30.3 Å². The van der Waals surface area contributed by atoms with Crippen molar-refractivity contribution in [2.24, 2.45) is 5.16 Å². The monoisotopic (exact) mass is 281 g/mol.